The summed E-state index contributed by atoms with van der Waals surface area (Å²) in [5.74, 6) is 1.56. The maximum absolute atomic E-state index is 5.73. The van der Waals surface area contributed by atoms with Gasteiger partial charge in [0.15, 0.2) is 11.5 Å². The van der Waals surface area contributed by atoms with E-state index in [0.29, 0.717) is 33.0 Å². The Morgan fingerprint density at radius 1 is 1.05 bits per heavy atom. The highest BCUT2D eigenvalue weighted by atomic mass is 79.9. The molecule has 0 N–H and O–H groups in total. The fourth-order valence-corrected chi connectivity index (χ4v) is 3.73. The van der Waals surface area contributed by atoms with Crippen molar-refractivity contribution in [1.29, 1.82) is 0 Å². The molecule has 3 rings (SSSR count). The van der Waals surface area contributed by atoms with Crippen molar-refractivity contribution in [3.05, 3.63) is 22.2 Å². The lowest BCUT2D eigenvalue weighted by atomic mass is 10.1. The van der Waals surface area contributed by atoms with Crippen LogP contribution in [0.4, 0.5) is 0 Å². The number of hydrogen-bond acceptors (Lipinski definition) is 4. The van der Waals surface area contributed by atoms with Crippen LogP contribution in [0.1, 0.15) is 10.4 Å². The molecule has 4 nitrogen and oxygen atoms in total. The number of rotatable bonds is 2. The van der Waals surface area contributed by atoms with E-state index in [1.807, 2.05) is 12.1 Å². The van der Waals surface area contributed by atoms with Gasteiger partial charge in [-0.2, -0.15) is 0 Å². The van der Waals surface area contributed by atoms with Gasteiger partial charge in [0, 0.05) is 4.47 Å². The third-order valence-electron chi connectivity index (χ3n) is 3.13. The van der Waals surface area contributed by atoms with Crippen molar-refractivity contribution < 1.29 is 18.9 Å². The first-order chi connectivity index (χ1) is 9.25. The molecule has 0 spiro atoms. The fraction of sp³-hybridized carbons (Fsp3) is 0.538. The van der Waals surface area contributed by atoms with Crippen LogP contribution in [0.3, 0.4) is 0 Å². The van der Waals surface area contributed by atoms with Gasteiger partial charge in [-0.05, 0) is 17.7 Å². The van der Waals surface area contributed by atoms with E-state index in [1.54, 1.807) is 0 Å². The molecule has 0 amide bonds. The van der Waals surface area contributed by atoms with Crippen LogP contribution < -0.4 is 9.47 Å². The highest BCUT2D eigenvalue weighted by Gasteiger charge is 2.27. The Morgan fingerprint density at radius 2 is 1.79 bits per heavy atom. The lowest BCUT2D eigenvalue weighted by Crippen LogP contribution is -2.31. The van der Waals surface area contributed by atoms with Gasteiger partial charge in [0.25, 0.3) is 0 Å². The fourth-order valence-electron chi connectivity index (χ4n) is 2.17. The summed E-state index contributed by atoms with van der Waals surface area (Å²) in [5.41, 5.74) is 1.08. The summed E-state index contributed by atoms with van der Waals surface area (Å²) >= 11 is 7.28. The Kier molecular flexibility index (Phi) is 4.31. The SMILES string of the molecule is Brc1cc2c(cc1C(Br)C1COCCO1)OCCO2. The number of alkyl halides is 1. The molecule has 0 aliphatic carbocycles. The van der Waals surface area contributed by atoms with Gasteiger partial charge in [-0.1, -0.05) is 31.9 Å². The molecule has 1 aromatic rings. The van der Waals surface area contributed by atoms with Gasteiger partial charge in [-0.3, -0.25) is 0 Å². The number of halogens is 2. The van der Waals surface area contributed by atoms with Crippen molar-refractivity contribution >= 4 is 31.9 Å². The number of benzene rings is 1. The molecule has 2 atom stereocenters. The maximum atomic E-state index is 5.73. The molecule has 0 aromatic heterocycles. The monoisotopic (exact) mass is 392 g/mol. The minimum absolute atomic E-state index is 0.00705. The molecule has 1 saturated heterocycles. The highest BCUT2D eigenvalue weighted by molar-refractivity contribution is 9.11. The zero-order valence-corrected chi connectivity index (χ0v) is 13.4. The molecule has 104 valence electrons. The summed E-state index contributed by atoms with van der Waals surface area (Å²) in [6, 6.07) is 3.94. The molecule has 0 radical (unpaired) electrons. The molecule has 2 unspecified atom stereocenters. The first kappa shape index (κ1) is 13.7. The third kappa shape index (κ3) is 2.91. The van der Waals surface area contributed by atoms with Crippen LogP contribution in [0.25, 0.3) is 0 Å². The van der Waals surface area contributed by atoms with E-state index in [2.05, 4.69) is 31.9 Å². The van der Waals surface area contributed by atoms with Crippen LogP contribution in [-0.2, 0) is 9.47 Å². The van der Waals surface area contributed by atoms with Crippen LogP contribution in [0.15, 0.2) is 16.6 Å². The van der Waals surface area contributed by atoms with E-state index < -0.39 is 0 Å². The molecule has 1 fully saturated rings. The van der Waals surface area contributed by atoms with Crippen molar-refractivity contribution in [2.75, 3.05) is 33.0 Å². The average molecular weight is 394 g/mol. The summed E-state index contributed by atoms with van der Waals surface area (Å²) in [4.78, 5) is 0.0537. The van der Waals surface area contributed by atoms with E-state index in [-0.39, 0.29) is 10.9 Å². The van der Waals surface area contributed by atoms with E-state index in [1.165, 1.54) is 0 Å². The smallest absolute Gasteiger partial charge is 0.162 e. The zero-order valence-electron chi connectivity index (χ0n) is 10.2. The minimum Gasteiger partial charge on any atom is -0.486 e. The molecular formula is C13H14Br2O4. The van der Waals surface area contributed by atoms with E-state index in [9.17, 15) is 0 Å². The van der Waals surface area contributed by atoms with Gasteiger partial charge in [0.1, 0.15) is 13.2 Å². The second-order valence-electron chi connectivity index (χ2n) is 4.40. The Bertz CT molecular complexity index is 460. The van der Waals surface area contributed by atoms with Crippen LogP contribution >= 0.6 is 31.9 Å². The number of fused-ring (bicyclic) bond motifs is 1. The maximum Gasteiger partial charge on any atom is 0.162 e. The predicted octanol–water partition coefficient (Wildman–Crippen LogP) is 3.07. The van der Waals surface area contributed by atoms with Crippen molar-refractivity contribution in [2.24, 2.45) is 0 Å². The van der Waals surface area contributed by atoms with Gasteiger partial charge >= 0.3 is 0 Å². The Morgan fingerprint density at radius 3 is 2.47 bits per heavy atom. The van der Waals surface area contributed by atoms with Crippen LogP contribution in [0, 0.1) is 0 Å². The summed E-state index contributed by atoms with van der Waals surface area (Å²) < 4.78 is 23.3. The van der Waals surface area contributed by atoms with Gasteiger partial charge in [-0.25, -0.2) is 0 Å². The zero-order chi connectivity index (χ0) is 13.2. The Hall–Kier alpha value is -0.300. The quantitative estimate of drug-likeness (QED) is 0.723. The van der Waals surface area contributed by atoms with Gasteiger partial charge in [0.2, 0.25) is 0 Å². The highest BCUT2D eigenvalue weighted by Crippen LogP contribution is 2.42. The van der Waals surface area contributed by atoms with E-state index in [0.717, 1.165) is 21.5 Å². The first-order valence-electron chi connectivity index (χ1n) is 6.18. The largest absolute Gasteiger partial charge is 0.486 e. The third-order valence-corrected chi connectivity index (χ3v) is 4.90. The molecule has 19 heavy (non-hydrogen) atoms. The van der Waals surface area contributed by atoms with Crippen molar-refractivity contribution in [3.63, 3.8) is 0 Å². The Balaban J connectivity index is 1.86. The van der Waals surface area contributed by atoms with Gasteiger partial charge in [0.05, 0.1) is 30.8 Å². The van der Waals surface area contributed by atoms with Gasteiger partial charge < -0.3 is 18.9 Å². The molecule has 0 saturated carbocycles. The first-order valence-corrected chi connectivity index (χ1v) is 7.89. The summed E-state index contributed by atoms with van der Waals surface area (Å²) in [6.45, 7) is 3.07. The molecular weight excluding hydrogens is 380 g/mol. The van der Waals surface area contributed by atoms with Crippen molar-refractivity contribution in [1.82, 2.24) is 0 Å². The number of ether oxygens (including phenoxy) is 4. The van der Waals surface area contributed by atoms with Crippen molar-refractivity contribution in [2.45, 2.75) is 10.9 Å². The lowest BCUT2D eigenvalue weighted by Gasteiger charge is -2.28. The molecule has 0 bridgehead atoms. The van der Waals surface area contributed by atoms with Gasteiger partial charge in [-0.15, -0.1) is 0 Å². The lowest BCUT2D eigenvalue weighted by molar-refractivity contribution is -0.0877. The molecule has 2 aliphatic heterocycles. The van der Waals surface area contributed by atoms with E-state index in [4.69, 9.17) is 18.9 Å². The summed E-state index contributed by atoms with van der Waals surface area (Å²) in [7, 11) is 0. The number of hydrogen-bond donors (Lipinski definition) is 0. The van der Waals surface area contributed by atoms with Crippen LogP contribution in [0.2, 0.25) is 0 Å². The van der Waals surface area contributed by atoms with Crippen molar-refractivity contribution in [3.8, 4) is 11.5 Å². The molecule has 1 aromatic carbocycles. The van der Waals surface area contributed by atoms with Crippen LogP contribution in [0.5, 0.6) is 11.5 Å². The summed E-state index contributed by atoms with van der Waals surface area (Å²) in [6.07, 6.45) is 0.00705. The standard InChI is InChI=1S/C13H14Br2O4/c14-9-6-11-10(17-3-4-18-11)5-8(9)13(15)12-7-16-1-2-19-12/h5-6,12-13H,1-4,7H2. The summed E-state index contributed by atoms with van der Waals surface area (Å²) in [5, 5.41) is 0. The second-order valence-corrected chi connectivity index (χ2v) is 6.24. The van der Waals surface area contributed by atoms with Crippen LogP contribution in [-0.4, -0.2) is 39.1 Å². The predicted molar refractivity (Wildman–Crippen MR) is 77.4 cm³/mol. The molecule has 2 heterocycles. The topological polar surface area (TPSA) is 36.9 Å². The average Bonchev–Trinajstić information content (AvgIpc) is 2.47. The molecule has 2 aliphatic rings. The van der Waals surface area contributed by atoms with E-state index >= 15 is 0 Å². The molecule has 6 heteroatoms. The second kappa shape index (κ2) is 5.99. The minimum atomic E-state index is 0.00705. The Labute approximate surface area is 128 Å². The normalized spacial score (nSPS) is 24.0.